The van der Waals surface area contributed by atoms with E-state index in [0.717, 1.165) is 145 Å². The van der Waals surface area contributed by atoms with Gasteiger partial charge >= 0.3 is 0 Å². The van der Waals surface area contributed by atoms with Crippen molar-refractivity contribution in [3.63, 3.8) is 0 Å². The Bertz CT molecular complexity index is 4390. The fourth-order valence-electron chi connectivity index (χ4n) is 11.9. The summed E-state index contributed by atoms with van der Waals surface area (Å²) in [7, 11) is 0. The first kappa shape index (κ1) is 48.2. The van der Waals surface area contributed by atoms with Crippen molar-refractivity contribution in [2.45, 2.75) is 0 Å². The van der Waals surface area contributed by atoms with Crippen LogP contribution in [0.2, 0.25) is 0 Å². The zero-order valence-electron chi connectivity index (χ0n) is 44.7. The molecule has 15 rings (SSSR count). The van der Waals surface area contributed by atoms with Gasteiger partial charge in [0.2, 0.25) is 0 Å². The number of hydrogen-bond acceptors (Lipinski definition) is 4. The standard InChI is InChI=1S/C78H52N2O2/c1-5-23-61(24-6-1)79(62-25-7-2-8-26-62)65-41-35-53(36-42-65)69-51-72(60-22-18-20-56(48-60)58-40-46-78-74(50-58)68-32-14-16-34-76(68)82-78)70(54-37-43-66(44-38-54)80(63-27-9-3-10-28-63)64-29-11-4-12-30-64)52-71(69)59-21-17-19-55(47-59)57-39-45-77-73(49-57)67-31-13-15-33-75(67)81-77/h1-52H. The summed E-state index contributed by atoms with van der Waals surface area (Å²) in [6.07, 6.45) is 0. The van der Waals surface area contributed by atoms with Crippen LogP contribution in [0.1, 0.15) is 0 Å². The van der Waals surface area contributed by atoms with Gasteiger partial charge in [-0.05, 0) is 200 Å². The number of benzene rings is 13. The second-order valence-electron chi connectivity index (χ2n) is 20.8. The van der Waals surface area contributed by atoms with Crippen LogP contribution < -0.4 is 9.80 Å². The molecule has 0 saturated carbocycles. The molecule has 0 fully saturated rings. The molecule has 82 heavy (non-hydrogen) atoms. The molecule has 13 aromatic carbocycles. The van der Waals surface area contributed by atoms with E-state index in [4.69, 9.17) is 8.83 Å². The van der Waals surface area contributed by atoms with E-state index >= 15 is 0 Å². The molecule has 4 nitrogen and oxygen atoms in total. The first-order valence-electron chi connectivity index (χ1n) is 27.9. The highest BCUT2D eigenvalue weighted by molar-refractivity contribution is 6.08. The molecule has 0 spiro atoms. The van der Waals surface area contributed by atoms with Crippen LogP contribution in [0.25, 0.3) is 111 Å². The van der Waals surface area contributed by atoms with Gasteiger partial charge < -0.3 is 18.6 Å². The van der Waals surface area contributed by atoms with E-state index in [0.29, 0.717) is 0 Å². The van der Waals surface area contributed by atoms with Crippen molar-refractivity contribution in [1.29, 1.82) is 0 Å². The van der Waals surface area contributed by atoms with Crippen molar-refractivity contribution >= 4 is 78.0 Å². The van der Waals surface area contributed by atoms with Crippen molar-refractivity contribution in [2.75, 3.05) is 9.80 Å². The number of anilines is 6. The number of fused-ring (bicyclic) bond motifs is 6. The van der Waals surface area contributed by atoms with Crippen LogP contribution >= 0.6 is 0 Å². The predicted molar refractivity (Wildman–Crippen MR) is 343 cm³/mol. The van der Waals surface area contributed by atoms with Gasteiger partial charge in [0.05, 0.1) is 0 Å². The molecular formula is C78H52N2O2. The zero-order chi connectivity index (χ0) is 54.3. The summed E-state index contributed by atoms with van der Waals surface area (Å²) in [6, 6.07) is 113. The maximum atomic E-state index is 6.29. The molecular weight excluding hydrogens is 997 g/mol. The molecule has 0 N–H and O–H groups in total. The number of rotatable bonds is 12. The molecule has 2 aromatic heterocycles. The maximum absolute atomic E-state index is 6.29. The first-order valence-corrected chi connectivity index (χ1v) is 27.9. The Morgan fingerprint density at radius 2 is 0.451 bits per heavy atom. The number of nitrogens with zero attached hydrogens (tertiary/aromatic N) is 2. The fraction of sp³-hybridized carbons (Fsp3) is 0. The van der Waals surface area contributed by atoms with Crippen LogP contribution in [-0.4, -0.2) is 0 Å². The van der Waals surface area contributed by atoms with Gasteiger partial charge in [0.25, 0.3) is 0 Å². The van der Waals surface area contributed by atoms with E-state index in [1.165, 1.54) is 0 Å². The van der Waals surface area contributed by atoms with Gasteiger partial charge in [0.15, 0.2) is 0 Å². The summed E-state index contributed by atoms with van der Waals surface area (Å²) in [5.41, 5.74) is 23.5. The molecule has 0 saturated heterocycles. The summed E-state index contributed by atoms with van der Waals surface area (Å²) in [6.45, 7) is 0. The van der Waals surface area contributed by atoms with Gasteiger partial charge in [0, 0.05) is 55.7 Å². The van der Waals surface area contributed by atoms with E-state index in [-0.39, 0.29) is 0 Å². The van der Waals surface area contributed by atoms with E-state index < -0.39 is 0 Å². The Balaban J connectivity index is 0.935. The van der Waals surface area contributed by atoms with Crippen molar-refractivity contribution < 1.29 is 8.83 Å². The molecule has 386 valence electrons. The van der Waals surface area contributed by atoms with Crippen molar-refractivity contribution in [2.24, 2.45) is 0 Å². The minimum Gasteiger partial charge on any atom is -0.456 e. The lowest BCUT2D eigenvalue weighted by Gasteiger charge is -2.26. The molecule has 0 aliphatic heterocycles. The third-order valence-electron chi connectivity index (χ3n) is 15.9. The van der Waals surface area contributed by atoms with E-state index in [2.05, 4.69) is 301 Å². The van der Waals surface area contributed by atoms with Crippen molar-refractivity contribution in [1.82, 2.24) is 0 Å². The Morgan fingerprint density at radius 3 is 0.829 bits per heavy atom. The van der Waals surface area contributed by atoms with Gasteiger partial charge in [-0.3, -0.25) is 0 Å². The lowest BCUT2D eigenvalue weighted by Crippen LogP contribution is -2.09. The molecule has 4 heteroatoms. The zero-order valence-corrected chi connectivity index (χ0v) is 44.7. The largest absolute Gasteiger partial charge is 0.456 e. The highest BCUT2D eigenvalue weighted by Gasteiger charge is 2.21. The summed E-state index contributed by atoms with van der Waals surface area (Å²) >= 11 is 0. The number of hydrogen-bond donors (Lipinski definition) is 0. The maximum Gasteiger partial charge on any atom is 0.135 e. The quantitative estimate of drug-likeness (QED) is 0.122. The molecule has 0 unspecified atom stereocenters. The average molecular weight is 1050 g/mol. The lowest BCUT2D eigenvalue weighted by molar-refractivity contribution is 0.668. The molecule has 2 heterocycles. The SMILES string of the molecule is c1ccc(N(c2ccccc2)c2ccc(-c3cc(-c4cccc(-c5ccc6oc7ccccc7c6c5)c4)c(-c4ccc(N(c5ccccc5)c5ccccc5)cc4)cc3-c3cccc(-c4ccc5oc6ccccc6c5c4)c3)cc2)cc1. The molecule has 0 aliphatic rings. The Morgan fingerprint density at radius 1 is 0.171 bits per heavy atom. The highest BCUT2D eigenvalue weighted by Crippen LogP contribution is 2.46. The van der Waals surface area contributed by atoms with Gasteiger partial charge in [0.1, 0.15) is 22.3 Å². The van der Waals surface area contributed by atoms with Crippen molar-refractivity contribution in [3.8, 4) is 66.8 Å². The molecule has 0 aliphatic carbocycles. The molecule has 0 bridgehead atoms. The second kappa shape index (κ2) is 20.7. The first-order chi connectivity index (χ1) is 40.6. The van der Waals surface area contributed by atoms with Crippen LogP contribution in [-0.2, 0) is 0 Å². The average Bonchev–Trinajstić information content (AvgIpc) is 4.27. The van der Waals surface area contributed by atoms with Crippen LogP contribution in [0.15, 0.2) is 324 Å². The lowest BCUT2D eigenvalue weighted by atomic mass is 9.84. The summed E-state index contributed by atoms with van der Waals surface area (Å²) in [5, 5.41) is 4.43. The molecule has 15 aromatic rings. The summed E-state index contributed by atoms with van der Waals surface area (Å²) < 4.78 is 12.6. The van der Waals surface area contributed by atoms with Crippen LogP contribution in [0.4, 0.5) is 34.1 Å². The topological polar surface area (TPSA) is 32.8 Å². The smallest absolute Gasteiger partial charge is 0.135 e. The Labute approximate surface area is 476 Å². The number of para-hydroxylation sites is 6. The Hall–Kier alpha value is -10.9. The third-order valence-corrected chi connectivity index (χ3v) is 15.9. The molecule has 0 amide bonds. The Kier molecular flexibility index (Phi) is 12.2. The van der Waals surface area contributed by atoms with Crippen molar-refractivity contribution in [3.05, 3.63) is 315 Å². The minimum atomic E-state index is 0.881. The van der Waals surface area contributed by atoms with Crippen LogP contribution in [0.3, 0.4) is 0 Å². The molecule has 0 atom stereocenters. The highest BCUT2D eigenvalue weighted by atomic mass is 16.3. The normalized spacial score (nSPS) is 11.4. The van der Waals surface area contributed by atoms with E-state index in [9.17, 15) is 0 Å². The number of furan rings is 2. The summed E-state index contributed by atoms with van der Waals surface area (Å²) in [5.74, 6) is 0. The fourth-order valence-corrected chi connectivity index (χ4v) is 11.9. The predicted octanol–water partition coefficient (Wildman–Crippen LogP) is 22.4. The van der Waals surface area contributed by atoms with Gasteiger partial charge in [-0.25, -0.2) is 0 Å². The monoisotopic (exact) mass is 1050 g/mol. The van der Waals surface area contributed by atoms with E-state index in [1.54, 1.807) is 0 Å². The summed E-state index contributed by atoms with van der Waals surface area (Å²) in [4.78, 5) is 4.64. The van der Waals surface area contributed by atoms with Crippen LogP contribution in [0, 0.1) is 0 Å². The van der Waals surface area contributed by atoms with Crippen LogP contribution in [0.5, 0.6) is 0 Å². The van der Waals surface area contributed by atoms with Gasteiger partial charge in [-0.15, -0.1) is 0 Å². The second-order valence-corrected chi connectivity index (χ2v) is 20.8. The third kappa shape index (κ3) is 8.95. The van der Waals surface area contributed by atoms with E-state index in [1.807, 2.05) is 24.3 Å². The van der Waals surface area contributed by atoms with Gasteiger partial charge in [-0.1, -0.05) is 182 Å². The molecule has 0 radical (unpaired) electrons. The van der Waals surface area contributed by atoms with Gasteiger partial charge in [-0.2, -0.15) is 0 Å². The minimum absolute atomic E-state index is 0.881.